The molecule has 10 heteroatoms. The highest BCUT2D eigenvalue weighted by Crippen LogP contribution is 2.43. The van der Waals surface area contributed by atoms with Gasteiger partial charge in [-0.3, -0.25) is 18.6 Å². The first-order valence-electron chi connectivity index (χ1n) is 21.6. The summed E-state index contributed by atoms with van der Waals surface area (Å²) >= 11 is 0. The molecule has 0 amide bonds. The number of hydrogen-bond donors (Lipinski definition) is 2. The highest BCUT2D eigenvalue weighted by molar-refractivity contribution is 7.47. The molecule has 0 aliphatic carbocycles. The molecular weight excluding hydrogens is 701 g/mol. The molecule has 9 nitrogen and oxygen atoms in total. The van der Waals surface area contributed by atoms with E-state index in [4.69, 9.17) is 24.3 Å². The van der Waals surface area contributed by atoms with Gasteiger partial charge in [0.2, 0.25) is 0 Å². The Bertz CT molecular complexity index is 1030. The minimum atomic E-state index is -4.38. The molecule has 0 aromatic rings. The molecule has 0 aliphatic rings. The largest absolute Gasteiger partial charge is 0.472 e. The summed E-state index contributed by atoms with van der Waals surface area (Å²) in [6.45, 7) is 3.64. The molecule has 314 valence electrons. The Hall–Kier alpha value is -2.03. The summed E-state index contributed by atoms with van der Waals surface area (Å²) in [6, 6.07) is 0. The number of carbonyl (C=O) groups excluding carboxylic acids is 2. The average Bonchev–Trinajstić information content (AvgIpc) is 3.16. The second-order valence-electron chi connectivity index (χ2n) is 14.2. The summed E-state index contributed by atoms with van der Waals surface area (Å²) in [7, 11) is -4.38. The molecule has 0 aromatic heterocycles. The van der Waals surface area contributed by atoms with Crippen LogP contribution in [0.5, 0.6) is 0 Å². The van der Waals surface area contributed by atoms with Crippen LogP contribution in [0.4, 0.5) is 0 Å². The van der Waals surface area contributed by atoms with E-state index < -0.39 is 32.5 Å². The zero-order valence-corrected chi connectivity index (χ0v) is 35.3. The van der Waals surface area contributed by atoms with Gasteiger partial charge in [-0.1, -0.05) is 152 Å². The third kappa shape index (κ3) is 39.7. The number of ether oxygens (including phenoxy) is 2. The molecule has 0 rings (SSSR count). The van der Waals surface area contributed by atoms with E-state index in [0.29, 0.717) is 6.42 Å². The lowest BCUT2D eigenvalue weighted by atomic mass is 10.1. The van der Waals surface area contributed by atoms with E-state index >= 15 is 0 Å². The lowest BCUT2D eigenvalue weighted by Crippen LogP contribution is -2.29. The molecule has 0 saturated heterocycles. The van der Waals surface area contributed by atoms with E-state index in [2.05, 4.69) is 62.5 Å². The lowest BCUT2D eigenvalue weighted by Gasteiger charge is -2.19. The quantitative estimate of drug-likeness (QED) is 0.0269. The summed E-state index contributed by atoms with van der Waals surface area (Å²) in [4.78, 5) is 34.8. The van der Waals surface area contributed by atoms with Crippen molar-refractivity contribution in [2.75, 3.05) is 26.4 Å². The summed E-state index contributed by atoms with van der Waals surface area (Å²) in [5.74, 6) is -0.850. The lowest BCUT2D eigenvalue weighted by molar-refractivity contribution is -0.161. The third-order valence-corrected chi connectivity index (χ3v) is 9.92. The zero-order chi connectivity index (χ0) is 39.6. The summed E-state index contributed by atoms with van der Waals surface area (Å²) < 4.78 is 32.7. The van der Waals surface area contributed by atoms with Crippen LogP contribution in [-0.4, -0.2) is 49.3 Å². The van der Waals surface area contributed by atoms with Crippen molar-refractivity contribution in [1.29, 1.82) is 0 Å². The minimum Gasteiger partial charge on any atom is -0.462 e. The molecule has 2 atom stereocenters. The van der Waals surface area contributed by atoms with E-state index in [0.717, 1.165) is 83.5 Å². The van der Waals surface area contributed by atoms with Crippen LogP contribution in [-0.2, 0) is 32.7 Å². The maximum absolute atomic E-state index is 12.6. The summed E-state index contributed by atoms with van der Waals surface area (Å²) in [5.41, 5.74) is 5.34. The predicted molar refractivity (Wildman–Crippen MR) is 224 cm³/mol. The van der Waals surface area contributed by atoms with Crippen LogP contribution < -0.4 is 5.73 Å². The Balaban J connectivity index is 4.16. The highest BCUT2D eigenvalue weighted by atomic mass is 31.2. The highest BCUT2D eigenvalue weighted by Gasteiger charge is 2.26. The van der Waals surface area contributed by atoms with Crippen LogP contribution in [0.3, 0.4) is 0 Å². The molecule has 0 spiro atoms. The Kier molecular flexibility index (Phi) is 39.1. The van der Waals surface area contributed by atoms with Gasteiger partial charge in [0, 0.05) is 19.4 Å². The number of phosphoric acid groups is 1. The maximum Gasteiger partial charge on any atom is 0.472 e. The molecule has 0 aliphatic heterocycles. The monoisotopic (exact) mass is 782 g/mol. The number of nitrogens with two attached hydrogens (primary N) is 1. The fraction of sp³-hybridized carbons (Fsp3) is 0.773. The molecular formula is C44H80NO8P. The number of hydrogen-bond acceptors (Lipinski definition) is 8. The molecule has 0 aromatic carbocycles. The van der Waals surface area contributed by atoms with Gasteiger partial charge in [0.15, 0.2) is 6.10 Å². The molecule has 0 bridgehead atoms. The molecule has 0 radical (unpaired) electrons. The van der Waals surface area contributed by atoms with Gasteiger partial charge in [0.1, 0.15) is 6.61 Å². The van der Waals surface area contributed by atoms with Gasteiger partial charge in [-0.2, -0.15) is 0 Å². The molecule has 0 fully saturated rings. The smallest absolute Gasteiger partial charge is 0.462 e. The third-order valence-electron chi connectivity index (χ3n) is 8.94. The van der Waals surface area contributed by atoms with Gasteiger partial charge in [-0.05, 0) is 70.6 Å². The van der Waals surface area contributed by atoms with Crippen LogP contribution in [0.1, 0.15) is 187 Å². The summed E-state index contributed by atoms with van der Waals surface area (Å²) in [6.07, 6.45) is 45.6. The predicted octanol–water partition coefficient (Wildman–Crippen LogP) is 12.3. The Morgan fingerprint density at radius 1 is 0.556 bits per heavy atom. The van der Waals surface area contributed by atoms with Crippen molar-refractivity contribution in [2.24, 2.45) is 5.73 Å². The van der Waals surface area contributed by atoms with Crippen LogP contribution in [0.25, 0.3) is 0 Å². The number of rotatable bonds is 40. The summed E-state index contributed by atoms with van der Waals surface area (Å²) in [5, 5.41) is 0. The topological polar surface area (TPSA) is 134 Å². The van der Waals surface area contributed by atoms with Crippen LogP contribution in [0.2, 0.25) is 0 Å². The second kappa shape index (κ2) is 40.6. The Morgan fingerprint density at radius 2 is 0.981 bits per heavy atom. The standard InChI is InChI=1S/C44H80NO8P/c1-3-5-7-9-11-13-15-17-19-20-21-22-23-25-26-28-30-32-34-36-43(46)50-40-42(41-52-54(48,49)51-39-38-45)53-44(47)37-35-33-31-29-27-24-18-16-14-12-10-8-6-4-2/h10-13,16-19,42H,3-9,14-15,20-41,45H2,1-2H3,(H,48,49)/b12-10+,13-11+,18-16+,19-17+/t42-/m0/s1. The first-order chi connectivity index (χ1) is 26.3. The van der Waals surface area contributed by atoms with Gasteiger partial charge >= 0.3 is 19.8 Å². The van der Waals surface area contributed by atoms with E-state index in [1.807, 2.05) is 0 Å². The van der Waals surface area contributed by atoms with Crippen LogP contribution in [0.15, 0.2) is 48.6 Å². The fourth-order valence-electron chi connectivity index (χ4n) is 5.68. The van der Waals surface area contributed by atoms with Gasteiger partial charge < -0.3 is 20.1 Å². The number of allylic oxidation sites excluding steroid dienone is 8. The average molecular weight is 782 g/mol. The molecule has 1 unspecified atom stereocenters. The first kappa shape index (κ1) is 52.0. The van der Waals surface area contributed by atoms with E-state index in [-0.39, 0.29) is 32.6 Å². The molecule has 3 N–H and O–H groups in total. The van der Waals surface area contributed by atoms with Crippen molar-refractivity contribution in [3.8, 4) is 0 Å². The van der Waals surface area contributed by atoms with Gasteiger partial charge in [-0.25, -0.2) is 4.57 Å². The Labute approximate surface area is 330 Å². The first-order valence-corrected chi connectivity index (χ1v) is 23.1. The molecule has 0 saturated carbocycles. The zero-order valence-electron chi connectivity index (χ0n) is 34.4. The molecule has 0 heterocycles. The molecule has 54 heavy (non-hydrogen) atoms. The Morgan fingerprint density at radius 3 is 1.46 bits per heavy atom. The van der Waals surface area contributed by atoms with Crippen molar-refractivity contribution < 1.29 is 37.6 Å². The van der Waals surface area contributed by atoms with Crippen LogP contribution in [0, 0.1) is 0 Å². The minimum absolute atomic E-state index is 0.0490. The maximum atomic E-state index is 12.6. The fourth-order valence-corrected chi connectivity index (χ4v) is 6.45. The van der Waals surface area contributed by atoms with Gasteiger partial charge in [0.05, 0.1) is 13.2 Å². The van der Waals surface area contributed by atoms with Crippen molar-refractivity contribution in [2.45, 2.75) is 193 Å². The van der Waals surface area contributed by atoms with Crippen molar-refractivity contribution in [3.05, 3.63) is 48.6 Å². The van der Waals surface area contributed by atoms with Crippen molar-refractivity contribution in [1.82, 2.24) is 0 Å². The number of esters is 2. The normalized spacial score (nSPS) is 13.8. The second-order valence-corrected chi connectivity index (χ2v) is 15.7. The van der Waals surface area contributed by atoms with Crippen molar-refractivity contribution in [3.63, 3.8) is 0 Å². The van der Waals surface area contributed by atoms with Gasteiger partial charge in [0.25, 0.3) is 0 Å². The van der Waals surface area contributed by atoms with E-state index in [9.17, 15) is 19.0 Å². The van der Waals surface area contributed by atoms with E-state index in [1.165, 1.54) is 70.6 Å². The number of carbonyl (C=O) groups is 2. The SMILES string of the molecule is CCCC/C=C/C/C=C/CCCCCCCC(=O)O[C@@H](COC(=O)CCCCCCCCCCC/C=C/C/C=C/CCCCC)COP(=O)(O)OCCN. The van der Waals surface area contributed by atoms with Gasteiger partial charge in [-0.15, -0.1) is 0 Å². The van der Waals surface area contributed by atoms with Crippen molar-refractivity contribution >= 4 is 19.8 Å². The number of unbranched alkanes of at least 4 members (excludes halogenated alkanes) is 19. The number of phosphoric ester groups is 1. The van der Waals surface area contributed by atoms with Crippen LogP contribution >= 0.6 is 7.82 Å². The van der Waals surface area contributed by atoms with E-state index in [1.54, 1.807) is 0 Å².